The summed E-state index contributed by atoms with van der Waals surface area (Å²) in [5.74, 6) is 0. The molecule has 0 saturated heterocycles. The van der Waals surface area contributed by atoms with Crippen LogP contribution in [-0.4, -0.2) is 40.7 Å². The minimum absolute atomic E-state index is 0.300. The zero-order valence-electron chi connectivity index (χ0n) is 9.91. The van der Waals surface area contributed by atoms with Gasteiger partial charge in [-0.15, -0.1) is 0 Å². The third-order valence-electron chi connectivity index (χ3n) is 2.48. The van der Waals surface area contributed by atoms with E-state index in [0.717, 1.165) is 38.8 Å². The van der Waals surface area contributed by atoms with Crippen molar-refractivity contribution in [2.45, 2.75) is 45.6 Å². The fourth-order valence-corrected chi connectivity index (χ4v) is 1.58. The molecular formula is C11H24N2OS. The molecule has 0 aliphatic carbocycles. The van der Waals surface area contributed by atoms with E-state index in [9.17, 15) is 0 Å². The lowest BCUT2D eigenvalue weighted by Gasteiger charge is -2.26. The van der Waals surface area contributed by atoms with Crippen molar-refractivity contribution in [1.82, 2.24) is 4.90 Å². The number of aliphatic hydroxyl groups is 1. The number of rotatable bonds is 9. The van der Waals surface area contributed by atoms with E-state index in [1.54, 1.807) is 0 Å². The van der Waals surface area contributed by atoms with Crippen molar-refractivity contribution in [2.75, 3.05) is 19.7 Å². The lowest BCUT2D eigenvalue weighted by Crippen LogP contribution is -2.34. The van der Waals surface area contributed by atoms with Crippen LogP contribution < -0.4 is 5.73 Å². The molecular weight excluding hydrogens is 208 g/mol. The van der Waals surface area contributed by atoms with E-state index >= 15 is 0 Å². The molecule has 0 spiro atoms. The minimum Gasteiger partial charge on any atom is -0.396 e. The molecule has 4 heteroatoms. The monoisotopic (exact) mass is 232 g/mol. The summed E-state index contributed by atoms with van der Waals surface area (Å²) in [6.45, 7) is 6.69. The number of thiocarbonyl (C=S) groups is 1. The maximum atomic E-state index is 8.67. The molecule has 0 radical (unpaired) electrons. The van der Waals surface area contributed by atoms with Crippen molar-refractivity contribution in [1.29, 1.82) is 0 Å². The molecule has 0 saturated carbocycles. The Morgan fingerprint density at radius 1 is 1.27 bits per heavy atom. The van der Waals surface area contributed by atoms with E-state index in [1.165, 1.54) is 0 Å². The summed E-state index contributed by atoms with van der Waals surface area (Å²) in [6, 6.07) is 0.536. The second-order valence-electron chi connectivity index (χ2n) is 4.13. The standard InChI is InChI=1S/C11H24N2OS/c1-10(2)13(8-6-11(12)15)7-4-3-5-9-14/h10,14H,3-9H2,1-2H3,(H2,12,15). The van der Waals surface area contributed by atoms with Crippen molar-refractivity contribution >= 4 is 17.2 Å². The Bertz CT molecular complexity index is 174. The van der Waals surface area contributed by atoms with Crippen LogP contribution in [0.25, 0.3) is 0 Å². The van der Waals surface area contributed by atoms with Gasteiger partial charge in [0, 0.05) is 25.6 Å². The smallest absolute Gasteiger partial charge is 0.0740 e. The zero-order valence-corrected chi connectivity index (χ0v) is 10.7. The third-order valence-corrected chi connectivity index (χ3v) is 2.68. The lowest BCUT2D eigenvalue weighted by atomic mass is 10.2. The number of nitrogens with zero attached hydrogens (tertiary/aromatic N) is 1. The topological polar surface area (TPSA) is 49.5 Å². The molecule has 0 aromatic heterocycles. The number of aliphatic hydroxyl groups excluding tert-OH is 1. The number of nitrogens with two attached hydrogens (primary N) is 1. The first-order chi connectivity index (χ1) is 7.07. The van der Waals surface area contributed by atoms with Crippen LogP contribution in [0.1, 0.15) is 39.5 Å². The largest absolute Gasteiger partial charge is 0.396 e. The fraction of sp³-hybridized carbons (Fsp3) is 0.909. The number of unbranched alkanes of at least 4 members (excludes halogenated alkanes) is 2. The number of hydrogen-bond acceptors (Lipinski definition) is 3. The van der Waals surface area contributed by atoms with Gasteiger partial charge in [-0.3, -0.25) is 0 Å². The SMILES string of the molecule is CC(C)N(CCCCCO)CCC(N)=S. The maximum absolute atomic E-state index is 8.67. The summed E-state index contributed by atoms with van der Waals surface area (Å²) < 4.78 is 0. The molecule has 90 valence electrons. The van der Waals surface area contributed by atoms with Crippen molar-refractivity contribution in [3.05, 3.63) is 0 Å². The van der Waals surface area contributed by atoms with Crippen molar-refractivity contribution < 1.29 is 5.11 Å². The third kappa shape index (κ3) is 8.78. The van der Waals surface area contributed by atoms with E-state index in [0.29, 0.717) is 17.6 Å². The lowest BCUT2D eigenvalue weighted by molar-refractivity contribution is 0.218. The molecule has 0 rings (SSSR count). The highest BCUT2D eigenvalue weighted by atomic mass is 32.1. The quantitative estimate of drug-likeness (QED) is 0.468. The summed E-state index contributed by atoms with van der Waals surface area (Å²) in [5.41, 5.74) is 5.49. The van der Waals surface area contributed by atoms with Crippen LogP contribution in [0.4, 0.5) is 0 Å². The molecule has 0 aliphatic heterocycles. The molecule has 3 N–H and O–H groups in total. The Morgan fingerprint density at radius 2 is 1.93 bits per heavy atom. The Balaban J connectivity index is 3.68. The van der Waals surface area contributed by atoms with Crippen molar-refractivity contribution in [3.63, 3.8) is 0 Å². The van der Waals surface area contributed by atoms with Gasteiger partial charge in [0.05, 0.1) is 4.99 Å². The summed E-state index contributed by atoms with van der Waals surface area (Å²) in [6.07, 6.45) is 3.93. The normalized spacial score (nSPS) is 11.3. The van der Waals surface area contributed by atoms with Crippen LogP contribution in [-0.2, 0) is 0 Å². The van der Waals surface area contributed by atoms with Gasteiger partial charge in [-0.05, 0) is 39.7 Å². The van der Waals surface area contributed by atoms with Crippen molar-refractivity contribution in [2.24, 2.45) is 5.73 Å². The first-order valence-corrected chi connectivity index (χ1v) is 6.12. The molecule has 0 aromatic carbocycles. The van der Waals surface area contributed by atoms with Crippen LogP contribution in [0.2, 0.25) is 0 Å². The molecule has 0 amide bonds. The molecule has 0 aromatic rings. The van der Waals surface area contributed by atoms with Crippen LogP contribution in [0, 0.1) is 0 Å². The first kappa shape index (κ1) is 14.8. The molecule has 15 heavy (non-hydrogen) atoms. The predicted molar refractivity (Wildman–Crippen MR) is 69.0 cm³/mol. The fourth-order valence-electron chi connectivity index (χ4n) is 1.49. The molecule has 0 heterocycles. The van der Waals surface area contributed by atoms with E-state index in [-0.39, 0.29) is 0 Å². The van der Waals surface area contributed by atoms with E-state index in [1.807, 2.05) is 0 Å². The second-order valence-corrected chi connectivity index (χ2v) is 4.65. The maximum Gasteiger partial charge on any atom is 0.0740 e. The first-order valence-electron chi connectivity index (χ1n) is 5.71. The highest BCUT2D eigenvalue weighted by Crippen LogP contribution is 2.04. The molecule has 0 unspecified atom stereocenters. The molecule has 0 atom stereocenters. The van der Waals surface area contributed by atoms with Gasteiger partial charge in [-0.2, -0.15) is 0 Å². The van der Waals surface area contributed by atoms with Crippen LogP contribution >= 0.6 is 12.2 Å². The number of hydrogen-bond donors (Lipinski definition) is 2. The van der Waals surface area contributed by atoms with Crippen LogP contribution in [0.15, 0.2) is 0 Å². The van der Waals surface area contributed by atoms with E-state index in [2.05, 4.69) is 18.7 Å². The van der Waals surface area contributed by atoms with E-state index in [4.69, 9.17) is 23.1 Å². The van der Waals surface area contributed by atoms with Crippen LogP contribution in [0.5, 0.6) is 0 Å². The summed E-state index contributed by atoms with van der Waals surface area (Å²) in [5, 5.41) is 8.67. The summed E-state index contributed by atoms with van der Waals surface area (Å²) in [7, 11) is 0. The summed E-state index contributed by atoms with van der Waals surface area (Å²) in [4.78, 5) is 2.98. The summed E-state index contributed by atoms with van der Waals surface area (Å²) >= 11 is 4.87. The van der Waals surface area contributed by atoms with Gasteiger partial charge in [-0.25, -0.2) is 0 Å². The van der Waals surface area contributed by atoms with Crippen LogP contribution in [0.3, 0.4) is 0 Å². The second kappa shape index (κ2) is 9.07. The average molecular weight is 232 g/mol. The van der Waals surface area contributed by atoms with Gasteiger partial charge in [0.25, 0.3) is 0 Å². The Labute approximate surface area is 98.6 Å². The Hall–Kier alpha value is -0.190. The van der Waals surface area contributed by atoms with Gasteiger partial charge in [-0.1, -0.05) is 12.2 Å². The zero-order chi connectivity index (χ0) is 11.7. The molecule has 0 fully saturated rings. The van der Waals surface area contributed by atoms with Gasteiger partial charge < -0.3 is 15.7 Å². The van der Waals surface area contributed by atoms with Gasteiger partial charge in [0.15, 0.2) is 0 Å². The molecule has 0 bridgehead atoms. The van der Waals surface area contributed by atoms with Gasteiger partial charge in [0.1, 0.15) is 0 Å². The van der Waals surface area contributed by atoms with Crippen molar-refractivity contribution in [3.8, 4) is 0 Å². The van der Waals surface area contributed by atoms with E-state index < -0.39 is 0 Å². The molecule has 0 aliphatic rings. The van der Waals surface area contributed by atoms with Gasteiger partial charge in [0.2, 0.25) is 0 Å². The Kier molecular flexibility index (Phi) is 8.95. The molecule has 3 nitrogen and oxygen atoms in total. The predicted octanol–water partition coefficient (Wildman–Crippen LogP) is 1.54. The average Bonchev–Trinajstić information content (AvgIpc) is 2.15. The highest BCUT2D eigenvalue weighted by Gasteiger charge is 2.08. The minimum atomic E-state index is 0.300. The highest BCUT2D eigenvalue weighted by molar-refractivity contribution is 7.80. The Morgan fingerprint density at radius 3 is 2.40 bits per heavy atom. The van der Waals surface area contributed by atoms with Gasteiger partial charge >= 0.3 is 0 Å².